The number of carbonyl (C=O) groups is 1. The van der Waals surface area contributed by atoms with Gasteiger partial charge in [-0.15, -0.1) is 0 Å². The molecule has 1 saturated carbocycles. The Morgan fingerprint density at radius 2 is 1.58 bits per heavy atom. The van der Waals surface area contributed by atoms with Crippen LogP contribution in [0.3, 0.4) is 0 Å². The van der Waals surface area contributed by atoms with Gasteiger partial charge < -0.3 is 21.3 Å². The zero-order valence-electron chi connectivity index (χ0n) is 21.4. The molecular weight excluding hydrogens is 450 g/mol. The molecule has 2 aromatic carbocycles. The molecule has 8 nitrogen and oxygen atoms in total. The lowest BCUT2D eigenvalue weighted by Gasteiger charge is -2.28. The normalized spacial score (nSPS) is 18.2. The number of nitrogens with one attached hydrogen (secondary N) is 4. The van der Waals surface area contributed by atoms with Crippen molar-refractivity contribution in [1.29, 1.82) is 0 Å². The molecule has 0 unspecified atom stereocenters. The quantitative estimate of drug-likeness (QED) is 0.328. The lowest BCUT2D eigenvalue weighted by molar-refractivity contribution is -0.126. The Balaban J connectivity index is 1.28. The number of aromatic nitrogens is 3. The summed E-state index contributed by atoms with van der Waals surface area (Å²) in [6.07, 6.45) is 3.50. The molecule has 4 N–H and O–H groups in total. The molecule has 1 aliphatic carbocycles. The highest BCUT2D eigenvalue weighted by Gasteiger charge is 2.27. The first kappa shape index (κ1) is 25.4. The van der Waals surface area contributed by atoms with Crippen LogP contribution in [0.4, 0.5) is 17.8 Å². The second kappa shape index (κ2) is 12.3. The summed E-state index contributed by atoms with van der Waals surface area (Å²) in [6, 6.07) is 18.8. The van der Waals surface area contributed by atoms with Crippen molar-refractivity contribution in [3.63, 3.8) is 0 Å². The summed E-state index contributed by atoms with van der Waals surface area (Å²) < 4.78 is 0. The Bertz CT molecular complexity index is 1130. The van der Waals surface area contributed by atoms with E-state index in [2.05, 4.69) is 86.5 Å². The van der Waals surface area contributed by atoms with Crippen LogP contribution < -0.4 is 21.3 Å². The first-order valence-electron chi connectivity index (χ1n) is 12.8. The van der Waals surface area contributed by atoms with Gasteiger partial charge in [0.15, 0.2) is 0 Å². The van der Waals surface area contributed by atoms with Gasteiger partial charge in [-0.3, -0.25) is 4.79 Å². The Morgan fingerprint density at radius 1 is 0.917 bits per heavy atom. The maximum atomic E-state index is 12.7. The number of amides is 1. The summed E-state index contributed by atoms with van der Waals surface area (Å²) in [5.41, 5.74) is 3.64. The number of hydrogen-bond donors (Lipinski definition) is 4. The van der Waals surface area contributed by atoms with Crippen molar-refractivity contribution in [2.75, 3.05) is 29.5 Å². The van der Waals surface area contributed by atoms with Crippen molar-refractivity contribution in [3.05, 3.63) is 71.3 Å². The molecule has 0 radical (unpaired) electrons. The average molecular weight is 488 g/mol. The van der Waals surface area contributed by atoms with E-state index in [-0.39, 0.29) is 17.9 Å². The van der Waals surface area contributed by atoms with Crippen LogP contribution in [-0.2, 0) is 11.3 Å². The predicted octanol–water partition coefficient (Wildman–Crippen LogP) is 4.72. The van der Waals surface area contributed by atoms with Crippen LogP contribution in [0.25, 0.3) is 0 Å². The summed E-state index contributed by atoms with van der Waals surface area (Å²) in [5.74, 6) is 2.14. The number of hydrogen-bond acceptors (Lipinski definition) is 7. The fraction of sp³-hybridized carbons (Fsp3) is 0.429. The molecule has 1 aromatic heterocycles. The Hall–Kier alpha value is -3.68. The number of benzene rings is 2. The van der Waals surface area contributed by atoms with E-state index in [0.29, 0.717) is 30.3 Å². The third kappa shape index (κ3) is 6.93. The maximum absolute atomic E-state index is 12.7. The highest BCUT2D eigenvalue weighted by Crippen LogP contribution is 2.27. The molecule has 1 atom stereocenters. The lowest BCUT2D eigenvalue weighted by atomic mass is 9.85. The molecule has 0 aliphatic heterocycles. The van der Waals surface area contributed by atoms with Gasteiger partial charge in [-0.05, 0) is 55.2 Å². The van der Waals surface area contributed by atoms with Gasteiger partial charge in [0.25, 0.3) is 0 Å². The van der Waals surface area contributed by atoms with E-state index in [1.807, 2.05) is 18.2 Å². The van der Waals surface area contributed by atoms with Crippen LogP contribution in [-0.4, -0.2) is 40.5 Å². The highest BCUT2D eigenvalue weighted by molar-refractivity contribution is 5.78. The number of anilines is 3. The Labute approximate surface area is 213 Å². The average Bonchev–Trinajstić information content (AvgIpc) is 2.92. The van der Waals surface area contributed by atoms with E-state index in [0.717, 1.165) is 32.2 Å². The van der Waals surface area contributed by atoms with Gasteiger partial charge >= 0.3 is 0 Å². The van der Waals surface area contributed by atoms with E-state index in [1.54, 1.807) is 7.05 Å². The SMILES string of the molecule is CNc1nc(NC[C@H](C)c2ccccc2)nc(N[C@H]2CC[C@@H](C(=O)NCc3ccccc3C)CC2)n1. The first-order chi connectivity index (χ1) is 17.5. The third-order valence-electron chi connectivity index (χ3n) is 6.94. The molecule has 190 valence electrons. The van der Waals surface area contributed by atoms with Crippen LogP contribution in [0.15, 0.2) is 54.6 Å². The van der Waals surface area contributed by atoms with Crippen LogP contribution in [0, 0.1) is 12.8 Å². The fourth-order valence-corrected chi connectivity index (χ4v) is 4.59. The summed E-state index contributed by atoms with van der Waals surface area (Å²) >= 11 is 0. The molecule has 1 aliphatic rings. The smallest absolute Gasteiger partial charge is 0.229 e. The second-order valence-corrected chi connectivity index (χ2v) is 9.59. The van der Waals surface area contributed by atoms with Crippen molar-refractivity contribution in [3.8, 4) is 0 Å². The van der Waals surface area contributed by atoms with Crippen molar-refractivity contribution in [1.82, 2.24) is 20.3 Å². The standard InChI is InChI=1S/C28H37N7O/c1-19-9-7-8-12-23(19)18-30-25(36)22-13-15-24(16-14-22)32-28-34-26(29-3)33-27(35-28)31-17-20(2)21-10-5-4-6-11-21/h4-12,20,22,24H,13-18H2,1-3H3,(H,30,36)(H3,29,31,32,33,34,35)/t20-,22-,24+/m0/s1. The third-order valence-corrected chi connectivity index (χ3v) is 6.94. The lowest BCUT2D eigenvalue weighted by Crippen LogP contribution is -2.36. The van der Waals surface area contributed by atoms with Crippen molar-refractivity contribution < 1.29 is 4.79 Å². The molecule has 0 bridgehead atoms. The van der Waals surface area contributed by atoms with Crippen molar-refractivity contribution in [2.45, 2.75) is 58.0 Å². The topological polar surface area (TPSA) is 104 Å². The van der Waals surface area contributed by atoms with Gasteiger partial charge in [-0.1, -0.05) is 61.5 Å². The molecule has 0 saturated heterocycles. The molecule has 1 amide bonds. The molecular formula is C28H37N7O. The van der Waals surface area contributed by atoms with Crippen molar-refractivity contribution >= 4 is 23.8 Å². The van der Waals surface area contributed by atoms with Gasteiger partial charge in [0.1, 0.15) is 0 Å². The summed E-state index contributed by atoms with van der Waals surface area (Å²) in [4.78, 5) is 26.3. The highest BCUT2D eigenvalue weighted by atomic mass is 16.1. The van der Waals surface area contributed by atoms with Crippen LogP contribution in [0.5, 0.6) is 0 Å². The first-order valence-corrected chi connectivity index (χ1v) is 12.8. The van der Waals surface area contributed by atoms with E-state index >= 15 is 0 Å². The fourth-order valence-electron chi connectivity index (χ4n) is 4.59. The molecule has 3 aromatic rings. The number of rotatable bonds is 10. The zero-order chi connectivity index (χ0) is 25.3. The minimum absolute atomic E-state index is 0.0509. The van der Waals surface area contributed by atoms with Gasteiger partial charge in [0.2, 0.25) is 23.8 Å². The van der Waals surface area contributed by atoms with Gasteiger partial charge in [0, 0.05) is 32.1 Å². The zero-order valence-corrected chi connectivity index (χ0v) is 21.4. The van der Waals surface area contributed by atoms with Crippen LogP contribution in [0.1, 0.15) is 55.2 Å². The van der Waals surface area contributed by atoms with Crippen LogP contribution >= 0.6 is 0 Å². The number of nitrogens with zero attached hydrogens (tertiary/aromatic N) is 3. The largest absolute Gasteiger partial charge is 0.357 e. The predicted molar refractivity (Wildman–Crippen MR) is 145 cm³/mol. The monoisotopic (exact) mass is 487 g/mol. The molecule has 1 fully saturated rings. The second-order valence-electron chi connectivity index (χ2n) is 9.59. The summed E-state index contributed by atoms with van der Waals surface area (Å²) in [6.45, 7) is 5.56. The van der Waals surface area contributed by atoms with Gasteiger partial charge in [-0.2, -0.15) is 15.0 Å². The van der Waals surface area contributed by atoms with Gasteiger partial charge in [0.05, 0.1) is 0 Å². The molecule has 8 heteroatoms. The summed E-state index contributed by atoms with van der Waals surface area (Å²) in [5, 5.41) is 13.0. The van der Waals surface area contributed by atoms with Gasteiger partial charge in [-0.25, -0.2) is 0 Å². The number of aryl methyl sites for hydroxylation is 1. The minimum atomic E-state index is 0.0509. The Morgan fingerprint density at radius 3 is 2.31 bits per heavy atom. The van der Waals surface area contributed by atoms with E-state index in [4.69, 9.17) is 0 Å². The minimum Gasteiger partial charge on any atom is -0.357 e. The molecule has 1 heterocycles. The Kier molecular flexibility index (Phi) is 8.71. The number of carbonyl (C=O) groups excluding carboxylic acids is 1. The maximum Gasteiger partial charge on any atom is 0.229 e. The molecule has 0 spiro atoms. The summed E-state index contributed by atoms with van der Waals surface area (Å²) in [7, 11) is 1.80. The van der Waals surface area contributed by atoms with E-state index in [1.165, 1.54) is 16.7 Å². The van der Waals surface area contributed by atoms with Crippen LogP contribution in [0.2, 0.25) is 0 Å². The van der Waals surface area contributed by atoms with E-state index < -0.39 is 0 Å². The van der Waals surface area contributed by atoms with Crippen molar-refractivity contribution in [2.24, 2.45) is 5.92 Å². The molecule has 4 rings (SSSR count). The van der Waals surface area contributed by atoms with E-state index in [9.17, 15) is 4.79 Å². The molecule has 36 heavy (non-hydrogen) atoms.